The van der Waals surface area contributed by atoms with Gasteiger partial charge in [-0.3, -0.25) is 5.32 Å². The lowest BCUT2D eigenvalue weighted by Crippen LogP contribution is -2.28. The first-order chi connectivity index (χ1) is 9.76. The van der Waals surface area contributed by atoms with Gasteiger partial charge in [0.1, 0.15) is 11.4 Å². The predicted molar refractivity (Wildman–Crippen MR) is 79.0 cm³/mol. The zero-order chi connectivity index (χ0) is 15.7. The Balaban J connectivity index is 2.22. The SMILES string of the molecule is CC(C)(C)OC(=O)Nc1ccc(O)cc1C1(CON)CC1. The second kappa shape index (κ2) is 5.54. The second-order valence-corrected chi connectivity index (χ2v) is 6.45. The molecule has 1 aromatic rings. The van der Waals surface area contributed by atoms with Gasteiger partial charge in [0.2, 0.25) is 0 Å². The molecular weight excluding hydrogens is 272 g/mol. The molecule has 21 heavy (non-hydrogen) atoms. The zero-order valence-corrected chi connectivity index (χ0v) is 12.6. The molecule has 1 aliphatic carbocycles. The first kappa shape index (κ1) is 15.6. The predicted octanol–water partition coefficient (Wildman–Crippen LogP) is 2.66. The molecule has 0 aromatic heterocycles. The van der Waals surface area contributed by atoms with Crippen LogP contribution < -0.4 is 11.2 Å². The van der Waals surface area contributed by atoms with Gasteiger partial charge in [0.25, 0.3) is 0 Å². The lowest BCUT2D eigenvalue weighted by atomic mass is 9.94. The van der Waals surface area contributed by atoms with E-state index in [1.165, 1.54) is 6.07 Å². The third kappa shape index (κ3) is 3.86. The number of carbonyl (C=O) groups excluding carboxylic acids is 1. The van der Waals surface area contributed by atoms with Gasteiger partial charge in [-0.05, 0) is 57.4 Å². The number of ether oxygens (including phenoxy) is 1. The molecule has 0 aliphatic heterocycles. The number of nitrogens with two attached hydrogens (primary N) is 1. The number of nitrogens with one attached hydrogen (secondary N) is 1. The molecule has 0 spiro atoms. The van der Waals surface area contributed by atoms with E-state index in [-0.39, 0.29) is 11.2 Å². The van der Waals surface area contributed by atoms with E-state index in [0.29, 0.717) is 12.3 Å². The molecule has 1 fully saturated rings. The Bertz CT molecular complexity index is 533. The highest BCUT2D eigenvalue weighted by atomic mass is 16.6. The number of phenolic OH excluding ortho intramolecular Hbond substituents is 1. The van der Waals surface area contributed by atoms with Crippen LogP contribution in [-0.4, -0.2) is 23.4 Å². The molecule has 0 atom stereocenters. The molecule has 0 radical (unpaired) electrons. The number of phenols is 1. The van der Waals surface area contributed by atoms with Crippen LogP contribution in [0.25, 0.3) is 0 Å². The van der Waals surface area contributed by atoms with Crippen LogP contribution >= 0.6 is 0 Å². The summed E-state index contributed by atoms with van der Waals surface area (Å²) in [5.41, 5.74) is 0.617. The molecule has 1 saturated carbocycles. The van der Waals surface area contributed by atoms with E-state index in [2.05, 4.69) is 5.32 Å². The highest BCUT2D eigenvalue weighted by Gasteiger charge is 2.46. The molecule has 4 N–H and O–H groups in total. The molecule has 1 amide bonds. The molecule has 0 bridgehead atoms. The average Bonchev–Trinajstić information content (AvgIpc) is 3.10. The Morgan fingerprint density at radius 3 is 2.62 bits per heavy atom. The van der Waals surface area contributed by atoms with Gasteiger partial charge in [-0.25, -0.2) is 10.7 Å². The Morgan fingerprint density at radius 2 is 2.10 bits per heavy atom. The van der Waals surface area contributed by atoms with E-state index < -0.39 is 11.7 Å². The molecule has 1 aliphatic rings. The van der Waals surface area contributed by atoms with Crippen LogP contribution in [0.5, 0.6) is 5.75 Å². The summed E-state index contributed by atoms with van der Waals surface area (Å²) in [5.74, 6) is 5.33. The third-order valence-electron chi connectivity index (χ3n) is 3.42. The largest absolute Gasteiger partial charge is 0.508 e. The van der Waals surface area contributed by atoms with Crippen LogP contribution in [0.3, 0.4) is 0 Å². The summed E-state index contributed by atoms with van der Waals surface area (Å²) in [6.07, 6.45) is 1.27. The number of anilines is 1. The van der Waals surface area contributed by atoms with Crippen LogP contribution in [0.2, 0.25) is 0 Å². The number of rotatable bonds is 4. The van der Waals surface area contributed by atoms with Crippen LogP contribution in [-0.2, 0) is 15.0 Å². The molecule has 116 valence electrons. The van der Waals surface area contributed by atoms with Crippen molar-refractivity contribution in [3.8, 4) is 5.75 Å². The van der Waals surface area contributed by atoms with E-state index in [0.717, 1.165) is 18.4 Å². The summed E-state index contributed by atoms with van der Waals surface area (Å²) >= 11 is 0. The van der Waals surface area contributed by atoms with Gasteiger partial charge in [-0.15, -0.1) is 0 Å². The molecule has 6 heteroatoms. The second-order valence-electron chi connectivity index (χ2n) is 6.45. The van der Waals surface area contributed by atoms with Gasteiger partial charge in [-0.1, -0.05) is 0 Å². The van der Waals surface area contributed by atoms with Crippen molar-refractivity contribution in [1.82, 2.24) is 0 Å². The van der Waals surface area contributed by atoms with E-state index in [1.54, 1.807) is 32.9 Å². The van der Waals surface area contributed by atoms with E-state index in [1.807, 2.05) is 0 Å². The Morgan fingerprint density at radius 1 is 1.43 bits per heavy atom. The van der Waals surface area contributed by atoms with Crippen molar-refractivity contribution in [3.63, 3.8) is 0 Å². The van der Waals surface area contributed by atoms with Gasteiger partial charge in [0.05, 0.1) is 6.61 Å². The maximum Gasteiger partial charge on any atom is 0.412 e. The van der Waals surface area contributed by atoms with Crippen LogP contribution in [0, 0.1) is 0 Å². The maximum atomic E-state index is 11.9. The van der Waals surface area contributed by atoms with Crippen molar-refractivity contribution < 1.29 is 19.5 Å². The molecule has 0 saturated heterocycles. The van der Waals surface area contributed by atoms with Gasteiger partial charge >= 0.3 is 6.09 Å². The highest BCUT2D eigenvalue weighted by Crippen LogP contribution is 2.51. The van der Waals surface area contributed by atoms with Crippen LogP contribution in [0.15, 0.2) is 18.2 Å². The van der Waals surface area contributed by atoms with E-state index >= 15 is 0 Å². The Hall–Kier alpha value is -1.79. The highest BCUT2D eigenvalue weighted by molar-refractivity contribution is 5.86. The number of hydrogen-bond donors (Lipinski definition) is 3. The summed E-state index contributed by atoms with van der Waals surface area (Å²) in [6, 6.07) is 4.82. The number of amides is 1. The van der Waals surface area contributed by atoms with Crippen LogP contribution in [0.1, 0.15) is 39.2 Å². The van der Waals surface area contributed by atoms with Gasteiger partial charge in [-0.2, -0.15) is 0 Å². The number of hydrogen-bond acceptors (Lipinski definition) is 5. The number of carbonyl (C=O) groups is 1. The lowest BCUT2D eigenvalue weighted by Gasteiger charge is -2.22. The monoisotopic (exact) mass is 294 g/mol. The summed E-state index contributed by atoms with van der Waals surface area (Å²) in [5, 5.41) is 12.4. The summed E-state index contributed by atoms with van der Waals surface area (Å²) in [6.45, 7) is 5.75. The van der Waals surface area contributed by atoms with Crippen molar-refractivity contribution in [1.29, 1.82) is 0 Å². The first-order valence-electron chi connectivity index (χ1n) is 6.91. The van der Waals surface area contributed by atoms with E-state index in [9.17, 15) is 9.90 Å². The number of benzene rings is 1. The first-order valence-corrected chi connectivity index (χ1v) is 6.91. The van der Waals surface area contributed by atoms with E-state index in [4.69, 9.17) is 15.5 Å². The summed E-state index contributed by atoms with van der Waals surface area (Å²) in [7, 11) is 0. The maximum absolute atomic E-state index is 11.9. The summed E-state index contributed by atoms with van der Waals surface area (Å²) in [4.78, 5) is 16.7. The molecular formula is C15H22N2O4. The minimum Gasteiger partial charge on any atom is -0.508 e. The molecule has 0 unspecified atom stereocenters. The van der Waals surface area contributed by atoms with Crippen molar-refractivity contribution in [2.24, 2.45) is 5.90 Å². The van der Waals surface area contributed by atoms with Gasteiger partial charge < -0.3 is 14.7 Å². The molecule has 6 nitrogen and oxygen atoms in total. The van der Waals surface area contributed by atoms with Crippen molar-refractivity contribution in [2.75, 3.05) is 11.9 Å². The summed E-state index contributed by atoms with van der Waals surface area (Å²) < 4.78 is 5.25. The zero-order valence-electron chi connectivity index (χ0n) is 12.6. The minimum atomic E-state index is -0.571. The Labute approximate surface area is 124 Å². The smallest absolute Gasteiger partial charge is 0.412 e. The standard InChI is InChI=1S/C15H22N2O4/c1-14(2,3)21-13(19)17-12-5-4-10(18)8-11(12)15(6-7-15)9-20-16/h4-5,8,18H,6-7,9,16H2,1-3H3,(H,17,19). The van der Waals surface area contributed by atoms with Crippen LogP contribution in [0.4, 0.5) is 10.5 Å². The molecule has 2 rings (SSSR count). The minimum absolute atomic E-state index is 0.142. The topological polar surface area (TPSA) is 93.8 Å². The van der Waals surface area contributed by atoms with Gasteiger partial charge in [0.15, 0.2) is 0 Å². The third-order valence-corrected chi connectivity index (χ3v) is 3.42. The number of aromatic hydroxyl groups is 1. The fourth-order valence-electron chi connectivity index (χ4n) is 2.30. The fraction of sp³-hybridized carbons (Fsp3) is 0.533. The normalized spacial score (nSPS) is 16.4. The van der Waals surface area contributed by atoms with Crippen molar-refractivity contribution in [3.05, 3.63) is 23.8 Å². The van der Waals surface area contributed by atoms with Crippen molar-refractivity contribution >= 4 is 11.8 Å². The molecule has 0 heterocycles. The lowest BCUT2D eigenvalue weighted by molar-refractivity contribution is 0.0635. The average molecular weight is 294 g/mol. The molecule has 1 aromatic carbocycles. The Kier molecular flexibility index (Phi) is 4.11. The van der Waals surface area contributed by atoms with Crippen molar-refractivity contribution in [2.45, 2.75) is 44.6 Å². The quantitative estimate of drug-likeness (QED) is 0.586. The fourth-order valence-corrected chi connectivity index (χ4v) is 2.30. The van der Waals surface area contributed by atoms with Gasteiger partial charge in [0, 0.05) is 11.1 Å².